The van der Waals surface area contributed by atoms with Crippen molar-refractivity contribution in [1.82, 2.24) is 10.0 Å². The molecule has 0 aromatic heterocycles. The summed E-state index contributed by atoms with van der Waals surface area (Å²) in [6.07, 6.45) is 0.983. The molecule has 0 spiro atoms. The summed E-state index contributed by atoms with van der Waals surface area (Å²) in [5.74, 6) is 0.658. The van der Waals surface area contributed by atoms with E-state index in [2.05, 4.69) is 10.0 Å². The smallest absolute Gasteiger partial charge is 0.253 e. The van der Waals surface area contributed by atoms with Crippen molar-refractivity contribution in [1.29, 1.82) is 0 Å². The molecule has 3 heterocycles. The molecule has 3 fully saturated rings. The molecule has 0 radical (unpaired) electrons. The van der Waals surface area contributed by atoms with Crippen LogP contribution >= 0.6 is 0 Å². The average Bonchev–Trinajstić information content (AvgIpc) is 3.40. The minimum Gasteiger partial charge on any atom is -0.497 e. The van der Waals surface area contributed by atoms with Crippen molar-refractivity contribution >= 4 is 17.5 Å². The van der Waals surface area contributed by atoms with Gasteiger partial charge < -0.3 is 9.47 Å². The molecule has 3 atom stereocenters. The number of ether oxygens (including phenoxy) is 2. The molecule has 150 valence electrons. The monoisotopic (exact) mass is 393 g/mol. The highest BCUT2D eigenvalue weighted by Gasteiger charge is 2.62. The Morgan fingerprint density at radius 1 is 0.828 bits per heavy atom. The van der Waals surface area contributed by atoms with Crippen molar-refractivity contribution in [2.24, 2.45) is 5.92 Å². The lowest BCUT2D eigenvalue weighted by Crippen LogP contribution is -2.44. The van der Waals surface area contributed by atoms with Crippen LogP contribution in [0.4, 0.5) is 5.69 Å². The summed E-state index contributed by atoms with van der Waals surface area (Å²) in [4.78, 5) is 28.3. The number of imide groups is 1. The Labute approximate surface area is 169 Å². The summed E-state index contributed by atoms with van der Waals surface area (Å²) >= 11 is 0. The average molecular weight is 393 g/mol. The van der Waals surface area contributed by atoms with E-state index in [1.165, 1.54) is 4.90 Å². The van der Waals surface area contributed by atoms with Crippen LogP contribution in [0.25, 0.3) is 0 Å². The summed E-state index contributed by atoms with van der Waals surface area (Å²) in [7, 11) is 3.21. The van der Waals surface area contributed by atoms with Crippen LogP contribution in [-0.2, 0) is 9.59 Å². The van der Waals surface area contributed by atoms with Gasteiger partial charge in [0.1, 0.15) is 17.5 Å². The van der Waals surface area contributed by atoms with Crippen LogP contribution in [0.15, 0.2) is 48.5 Å². The Hall–Kier alpha value is -2.90. The first-order valence-electron chi connectivity index (χ1n) is 9.83. The number of hydrazine groups is 1. The lowest BCUT2D eigenvalue weighted by molar-refractivity contribution is -0.126. The predicted molar refractivity (Wildman–Crippen MR) is 107 cm³/mol. The van der Waals surface area contributed by atoms with E-state index in [1.807, 2.05) is 24.3 Å². The van der Waals surface area contributed by atoms with E-state index in [1.54, 1.807) is 38.5 Å². The van der Waals surface area contributed by atoms with Crippen LogP contribution in [0.2, 0.25) is 0 Å². The first-order chi connectivity index (χ1) is 14.1. The molecular weight excluding hydrogens is 370 g/mol. The lowest BCUT2D eigenvalue weighted by Gasteiger charge is -2.29. The van der Waals surface area contributed by atoms with Gasteiger partial charge in [0.05, 0.1) is 31.9 Å². The fourth-order valence-corrected chi connectivity index (χ4v) is 4.92. The van der Waals surface area contributed by atoms with Gasteiger partial charge in [0.25, 0.3) is 5.91 Å². The van der Waals surface area contributed by atoms with Gasteiger partial charge in [0, 0.05) is 19.2 Å². The fraction of sp³-hybridized carbons (Fsp3) is 0.364. The molecule has 0 saturated carbocycles. The van der Waals surface area contributed by atoms with Crippen LogP contribution in [0.3, 0.4) is 0 Å². The Kier molecular flexibility index (Phi) is 4.29. The second-order valence-electron chi connectivity index (χ2n) is 7.58. The van der Waals surface area contributed by atoms with Crippen LogP contribution in [0, 0.1) is 5.92 Å². The molecule has 0 unspecified atom stereocenters. The second kappa shape index (κ2) is 6.86. The Balaban J connectivity index is 1.55. The third-order valence-electron chi connectivity index (χ3n) is 6.17. The highest BCUT2D eigenvalue weighted by Crippen LogP contribution is 2.49. The molecule has 2 aromatic rings. The number of carbonyl (C=O) groups is 2. The molecule has 29 heavy (non-hydrogen) atoms. The topological polar surface area (TPSA) is 62.3 Å². The first kappa shape index (κ1) is 18.1. The minimum absolute atomic E-state index is 0.150. The maximum Gasteiger partial charge on any atom is 0.253 e. The summed E-state index contributed by atoms with van der Waals surface area (Å²) in [6.45, 7) is 1.64. The molecule has 7 heteroatoms. The van der Waals surface area contributed by atoms with Crippen molar-refractivity contribution in [2.75, 3.05) is 32.2 Å². The summed E-state index contributed by atoms with van der Waals surface area (Å²) in [5.41, 5.74) is 1.59. The Morgan fingerprint density at radius 3 is 2.21 bits per heavy atom. The molecule has 0 aliphatic carbocycles. The number of hydrogen-bond acceptors (Lipinski definition) is 6. The van der Waals surface area contributed by atoms with E-state index in [4.69, 9.17) is 9.47 Å². The van der Waals surface area contributed by atoms with E-state index in [0.717, 1.165) is 30.8 Å². The summed E-state index contributed by atoms with van der Waals surface area (Å²) in [5, 5.41) is 4.30. The van der Waals surface area contributed by atoms with Gasteiger partial charge in [-0.3, -0.25) is 9.59 Å². The van der Waals surface area contributed by atoms with Crippen LogP contribution in [-0.4, -0.2) is 55.2 Å². The highest BCUT2D eigenvalue weighted by molar-refractivity contribution is 6.24. The number of benzene rings is 2. The Bertz CT molecular complexity index is 961. The van der Waals surface area contributed by atoms with Crippen LogP contribution in [0.1, 0.15) is 18.0 Å². The number of nitrogens with zero attached hydrogens (tertiary/aromatic N) is 3. The first-order valence-corrected chi connectivity index (χ1v) is 9.83. The quantitative estimate of drug-likeness (QED) is 0.743. The molecule has 2 amide bonds. The van der Waals surface area contributed by atoms with Crippen molar-refractivity contribution in [2.45, 2.75) is 18.5 Å². The third kappa shape index (κ3) is 2.65. The van der Waals surface area contributed by atoms with Crippen molar-refractivity contribution < 1.29 is 19.1 Å². The largest absolute Gasteiger partial charge is 0.497 e. The van der Waals surface area contributed by atoms with Crippen molar-refractivity contribution in [3.8, 4) is 11.5 Å². The van der Waals surface area contributed by atoms with Crippen LogP contribution < -0.4 is 14.4 Å². The molecule has 3 aliphatic rings. The zero-order valence-corrected chi connectivity index (χ0v) is 16.4. The van der Waals surface area contributed by atoms with Gasteiger partial charge in [0.15, 0.2) is 0 Å². The number of amides is 2. The molecule has 3 aliphatic heterocycles. The van der Waals surface area contributed by atoms with Gasteiger partial charge in [-0.25, -0.2) is 14.9 Å². The van der Waals surface area contributed by atoms with E-state index < -0.39 is 12.0 Å². The summed E-state index contributed by atoms with van der Waals surface area (Å²) in [6, 6.07) is 14.3. The predicted octanol–water partition coefficient (Wildman–Crippen LogP) is 2.24. The SMILES string of the molecule is COc1ccc([C@H]2[C@H]3C(=O)N(c4cccc(OC)c4)C(=O)[C@@H]3N3CCCN23)cc1. The molecule has 3 saturated heterocycles. The third-order valence-corrected chi connectivity index (χ3v) is 6.17. The van der Waals surface area contributed by atoms with E-state index in [9.17, 15) is 9.59 Å². The Morgan fingerprint density at radius 2 is 1.52 bits per heavy atom. The van der Waals surface area contributed by atoms with E-state index in [0.29, 0.717) is 11.4 Å². The maximum absolute atomic E-state index is 13.5. The zero-order chi connectivity index (χ0) is 20.1. The molecular formula is C22H23N3O4. The normalized spacial score (nSPS) is 26.7. The molecule has 0 N–H and O–H groups in total. The maximum atomic E-state index is 13.5. The minimum atomic E-state index is -0.455. The number of hydrogen-bond donors (Lipinski definition) is 0. The van der Waals surface area contributed by atoms with E-state index >= 15 is 0 Å². The second-order valence-corrected chi connectivity index (χ2v) is 7.58. The number of carbonyl (C=O) groups excluding carboxylic acids is 2. The number of rotatable bonds is 4. The number of fused-ring (bicyclic) bond motifs is 3. The van der Waals surface area contributed by atoms with Gasteiger partial charge in [-0.15, -0.1) is 0 Å². The van der Waals surface area contributed by atoms with Gasteiger partial charge in [-0.2, -0.15) is 0 Å². The standard InChI is InChI=1S/C22H23N3O4/c1-28-16-9-7-14(8-10-16)19-18-20(24-12-4-11-23(19)24)22(27)25(21(18)26)15-5-3-6-17(13-15)29-2/h3,5-10,13,18-20H,4,11-12H2,1-2H3/t18-,19+,20-/m1/s1. The van der Waals surface area contributed by atoms with Crippen molar-refractivity contribution in [3.05, 3.63) is 54.1 Å². The molecule has 7 nitrogen and oxygen atoms in total. The highest BCUT2D eigenvalue weighted by atomic mass is 16.5. The molecule has 0 bridgehead atoms. The van der Waals surface area contributed by atoms with Crippen molar-refractivity contribution in [3.63, 3.8) is 0 Å². The summed E-state index contributed by atoms with van der Waals surface area (Å²) < 4.78 is 10.6. The van der Waals surface area contributed by atoms with Crippen LogP contribution in [0.5, 0.6) is 11.5 Å². The number of anilines is 1. The van der Waals surface area contributed by atoms with Gasteiger partial charge in [-0.05, 0) is 36.2 Å². The zero-order valence-electron chi connectivity index (χ0n) is 16.4. The van der Waals surface area contributed by atoms with E-state index in [-0.39, 0.29) is 17.9 Å². The molecule has 5 rings (SSSR count). The van der Waals surface area contributed by atoms with Gasteiger partial charge in [0.2, 0.25) is 5.91 Å². The van der Waals surface area contributed by atoms with Gasteiger partial charge >= 0.3 is 0 Å². The lowest BCUT2D eigenvalue weighted by atomic mass is 9.90. The molecule has 2 aromatic carbocycles. The fourth-order valence-electron chi connectivity index (χ4n) is 4.92. The number of methoxy groups -OCH3 is 2. The van der Waals surface area contributed by atoms with Gasteiger partial charge in [-0.1, -0.05) is 18.2 Å².